The molecule has 0 unspecified atom stereocenters. The summed E-state index contributed by atoms with van der Waals surface area (Å²) in [5.74, 6) is 1.17. The number of rotatable bonds is 22. The summed E-state index contributed by atoms with van der Waals surface area (Å²) in [4.78, 5) is 63.4. The smallest absolute Gasteiger partial charge is 0.261 e. The summed E-state index contributed by atoms with van der Waals surface area (Å²) >= 11 is 0. The monoisotopic (exact) mass is 997 g/mol. The molecule has 4 aliphatic heterocycles. The molecule has 4 aliphatic rings. The molecule has 5 aromatic carbocycles. The number of nitrogens with one attached hydrogen (secondary N) is 1. The molecule has 378 valence electrons. The minimum absolute atomic E-state index is 0.0413. The van der Waals surface area contributed by atoms with E-state index >= 15 is 0 Å². The molecule has 0 fully saturated rings. The lowest BCUT2D eigenvalue weighted by molar-refractivity contribution is -0.118. The molecule has 17 heteroatoms. The van der Waals surface area contributed by atoms with Gasteiger partial charge in [0.2, 0.25) is 5.91 Å². The van der Waals surface area contributed by atoms with Gasteiger partial charge < -0.3 is 53.1 Å². The number of benzene rings is 5. The predicted molar refractivity (Wildman–Crippen MR) is 279 cm³/mol. The van der Waals surface area contributed by atoms with Crippen molar-refractivity contribution in [1.82, 2.24) is 0 Å². The summed E-state index contributed by atoms with van der Waals surface area (Å²) in [6.45, 7) is 6.54. The van der Waals surface area contributed by atoms with Gasteiger partial charge in [-0.3, -0.25) is 24.3 Å². The normalized spacial score (nSPS) is 16.4. The van der Waals surface area contributed by atoms with E-state index in [9.17, 15) is 19.2 Å². The van der Waals surface area contributed by atoms with Gasteiger partial charge in [0.25, 0.3) is 11.8 Å². The molecule has 0 saturated carbocycles. The van der Waals surface area contributed by atoms with E-state index in [2.05, 4.69) is 11.4 Å². The molecule has 5 aromatic rings. The van der Waals surface area contributed by atoms with Crippen LogP contribution in [0.2, 0.25) is 19.1 Å². The second kappa shape index (κ2) is 22.3. The molecule has 0 aliphatic carbocycles. The van der Waals surface area contributed by atoms with Crippen molar-refractivity contribution in [1.29, 1.82) is 0 Å². The minimum Gasteiger partial charge on any atom is -0.493 e. The van der Waals surface area contributed by atoms with Gasteiger partial charge in [0, 0.05) is 68.5 Å². The average Bonchev–Trinajstić information content (AvgIpc) is 3.87. The number of methoxy groups -OCH3 is 3. The topological polar surface area (TPSA) is 170 Å². The zero-order valence-corrected chi connectivity index (χ0v) is 42.6. The summed E-state index contributed by atoms with van der Waals surface area (Å²) in [5, 5.41) is 3.51. The second-order valence-electron chi connectivity index (χ2n) is 19.0. The summed E-state index contributed by atoms with van der Waals surface area (Å²) in [5.41, 5.74) is 8.07. The molecule has 0 spiro atoms. The van der Waals surface area contributed by atoms with Crippen molar-refractivity contribution in [2.45, 2.75) is 70.1 Å². The van der Waals surface area contributed by atoms with Gasteiger partial charge in [-0.05, 0) is 96.7 Å². The van der Waals surface area contributed by atoms with E-state index in [-0.39, 0.29) is 62.6 Å². The highest BCUT2D eigenvalue weighted by Gasteiger charge is 2.39. The first kappa shape index (κ1) is 50.2. The molecule has 16 nitrogen and oxygen atoms in total. The van der Waals surface area contributed by atoms with Crippen LogP contribution in [0, 0.1) is 0 Å². The standard InChI is InChI=1S/C55H63N5O11Si/c1-65-18-19-69-21-20-68-17-16-58(53(61)15-10-22-72(4,5)64)40-24-36(34-70-51-30-45-43(28-49(51)66-2)54(62)59-41(32-56-45)26-38-11-6-8-13-47(38)59)23-37(25-40)35-71-52-31-46-44(29-50(52)67-3)55(63)60-42(33-57-46)27-39-12-7-9-14-48(39)60/h6-9,11-14,23-25,28-32,41-42,57,64H,10,15-22,26-27,33-35H2,1-5H3/t41-,42-/m0/s1. The molecular weight excluding hydrogens is 935 g/mol. The highest BCUT2D eigenvalue weighted by atomic mass is 28.4. The lowest BCUT2D eigenvalue weighted by Gasteiger charge is -2.25. The summed E-state index contributed by atoms with van der Waals surface area (Å²) in [7, 11) is 2.29. The van der Waals surface area contributed by atoms with Crippen molar-refractivity contribution in [2.75, 3.05) is 87.5 Å². The molecular formula is C55H63N5O11Si. The van der Waals surface area contributed by atoms with E-state index in [0.717, 1.165) is 40.0 Å². The zero-order valence-electron chi connectivity index (χ0n) is 41.6. The Labute approximate surface area is 421 Å². The maximum absolute atomic E-state index is 14.3. The van der Waals surface area contributed by atoms with Gasteiger partial charge in [0.05, 0.1) is 81.8 Å². The maximum Gasteiger partial charge on any atom is 0.261 e. The van der Waals surface area contributed by atoms with Gasteiger partial charge in [-0.15, -0.1) is 0 Å². The van der Waals surface area contributed by atoms with Crippen molar-refractivity contribution in [3.05, 3.63) is 124 Å². The van der Waals surface area contributed by atoms with Crippen molar-refractivity contribution in [3.63, 3.8) is 0 Å². The molecule has 0 aromatic heterocycles. The van der Waals surface area contributed by atoms with Gasteiger partial charge in [-0.2, -0.15) is 0 Å². The Balaban J connectivity index is 1.00. The lowest BCUT2D eigenvalue weighted by Crippen LogP contribution is -2.39. The van der Waals surface area contributed by atoms with E-state index in [4.69, 9.17) is 38.2 Å². The first-order valence-electron chi connectivity index (χ1n) is 24.5. The number of anilines is 4. The van der Waals surface area contributed by atoms with Crippen LogP contribution in [-0.4, -0.2) is 117 Å². The number of fused-ring (bicyclic) bond motifs is 8. The van der Waals surface area contributed by atoms with E-state index in [1.807, 2.05) is 90.9 Å². The molecule has 9 rings (SSSR count). The van der Waals surface area contributed by atoms with Crippen molar-refractivity contribution in [2.24, 2.45) is 4.99 Å². The fraction of sp³-hybridized carbons (Fsp3) is 0.382. The van der Waals surface area contributed by atoms with E-state index in [1.165, 1.54) is 7.11 Å². The first-order valence-corrected chi connectivity index (χ1v) is 27.7. The number of aliphatic imine (C=N–C) groups is 1. The Bertz CT molecular complexity index is 2830. The Morgan fingerprint density at radius 3 is 2.03 bits per heavy atom. The third-order valence-corrected chi connectivity index (χ3v) is 14.9. The lowest BCUT2D eigenvalue weighted by atomic mass is 10.1. The molecule has 0 bridgehead atoms. The summed E-state index contributed by atoms with van der Waals surface area (Å²) in [6, 6.07) is 29.0. The van der Waals surface area contributed by atoms with Crippen molar-refractivity contribution >= 4 is 60.7 Å². The summed E-state index contributed by atoms with van der Waals surface area (Å²) in [6.07, 6.45) is 4.00. The number of nitrogens with zero attached hydrogens (tertiary/aromatic N) is 4. The fourth-order valence-electron chi connectivity index (χ4n) is 9.81. The molecule has 2 atom stereocenters. The molecule has 0 radical (unpaired) electrons. The van der Waals surface area contributed by atoms with E-state index < -0.39 is 8.32 Å². The van der Waals surface area contributed by atoms with Gasteiger partial charge in [-0.1, -0.05) is 36.4 Å². The number of amides is 3. The number of ether oxygens (including phenoxy) is 7. The van der Waals surface area contributed by atoms with Crippen molar-refractivity contribution in [3.8, 4) is 23.0 Å². The van der Waals surface area contributed by atoms with Crippen LogP contribution in [0.4, 0.5) is 28.4 Å². The van der Waals surface area contributed by atoms with Crippen LogP contribution in [0.15, 0.2) is 96.0 Å². The molecule has 0 saturated heterocycles. The van der Waals surface area contributed by atoms with E-state index in [0.29, 0.717) is 103 Å². The Morgan fingerprint density at radius 2 is 1.35 bits per heavy atom. The zero-order chi connectivity index (χ0) is 50.4. The molecule has 2 N–H and O–H groups in total. The SMILES string of the molecule is COCCOCCOCCN(C(=O)CCC[Si](C)(C)O)c1cc(COc2cc3c(cc2OC)C(=O)N2c4ccccc4C[C@H]2C=N3)cc(COc2cc3c(cc2OC)C(=O)N2c4ccccc4C[C@H]2CN3)c1. The van der Waals surface area contributed by atoms with Crippen LogP contribution >= 0.6 is 0 Å². The minimum atomic E-state index is -2.41. The summed E-state index contributed by atoms with van der Waals surface area (Å²) < 4.78 is 41.4. The fourth-order valence-corrected chi connectivity index (χ4v) is 10.9. The van der Waals surface area contributed by atoms with Gasteiger partial charge in [0.15, 0.2) is 31.3 Å². The average molecular weight is 998 g/mol. The quantitative estimate of drug-likeness (QED) is 0.0505. The Morgan fingerprint density at radius 1 is 0.736 bits per heavy atom. The molecule has 72 heavy (non-hydrogen) atoms. The number of carbonyl (C=O) groups excluding carboxylic acids is 3. The molecule has 3 amide bonds. The van der Waals surface area contributed by atoms with Gasteiger partial charge in [0.1, 0.15) is 13.2 Å². The number of hydrogen-bond acceptors (Lipinski definition) is 13. The van der Waals surface area contributed by atoms with Crippen LogP contribution < -0.4 is 39.0 Å². The maximum atomic E-state index is 14.3. The third-order valence-electron chi connectivity index (χ3n) is 13.4. The first-order chi connectivity index (χ1) is 34.9. The second-order valence-corrected chi connectivity index (χ2v) is 23.1. The number of hydrogen-bond donors (Lipinski definition) is 2. The van der Waals surface area contributed by atoms with E-state index in [1.54, 1.807) is 42.2 Å². The van der Waals surface area contributed by atoms with Crippen LogP contribution in [0.25, 0.3) is 0 Å². The Hall–Kier alpha value is -6.76. The molecule has 4 heterocycles. The van der Waals surface area contributed by atoms with Crippen LogP contribution in [0.1, 0.15) is 55.8 Å². The van der Waals surface area contributed by atoms with Crippen LogP contribution in [-0.2, 0) is 45.1 Å². The van der Waals surface area contributed by atoms with Gasteiger partial charge in [-0.25, -0.2) is 0 Å². The highest BCUT2D eigenvalue weighted by Crippen LogP contribution is 2.43. The Kier molecular flexibility index (Phi) is 15.6. The third kappa shape index (κ3) is 11.1. The number of para-hydroxylation sites is 2. The van der Waals surface area contributed by atoms with Crippen molar-refractivity contribution < 1.29 is 52.3 Å². The number of carbonyl (C=O) groups is 3. The van der Waals surface area contributed by atoms with Crippen LogP contribution in [0.5, 0.6) is 23.0 Å². The largest absolute Gasteiger partial charge is 0.493 e. The van der Waals surface area contributed by atoms with Crippen LogP contribution in [0.3, 0.4) is 0 Å². The predicted octanol–water partition coefficient (Wildman–Crippen LogP) is 8.14. The van der Waals surface area contributed by atoms with Gasteiger partial charge >= 0.3 is 0 Å². The highest BCUT2D eigenvalue weighted by molar-refractivity contribution is 6.69.